The van der Waals surface area contributed by atoms with Gasteiger partial charge in [-0.25, -0.2) is 0 Å². The van der Waals surface area contributed by atoms with E-state index in [2.05, 4.69) is 35.0 Å². The average molecular weight is 306 g/mol. The van der Waals surface area contributed by atoms with Crippen molar-refractivity contribution < 1.29 is 4.74 Å². The minimum absolute atomic E-state index is 0.112. The number of ether oxygens (including phenoxy) is 1. The van der Waals surface area contributed by atoms with E-state index in [-0.39, 0.29) is 6.10 Å². The van der Waals surface area contributed by atoms with Crippen molar-refractivity contribution >= 4 is 15.9 Å². The van der Waals surface area contributed by atoms with Gasteiger partial charge in [0, 0.05) is 11.0 Å². The predicted molar refractivity (Wildman–Crippen MR) is 77.7 cm³/mol. The Bertz CT molecular complexity index is 527. The molecular formula is C15H16BrNO. The lowest BCUT2D eigenvalue weighted by atomic mass is 10.1. The highest BCUT2D eigenvalue weighted by atomic mass is 79.9. The van der Waals surface area contributed by atoms with E-state index in [4.69, 9.17) is 10.5 Å². The van der Waals surface area contributed by atoms with Crippen LogP contribution >= 0.6 is 15.9 Å². The third-order valence-electron chi connectivity index (χ3n) is 2.70. The normalized spacial score (nSPS) is 12.2. The highest BCUT2D eigenvalue weighted by molar-refractivity contribution is 9.10. The highest BCUT2D eigenvalue weighted by Gasteiger charge is 2.11. The van der Waals surface area contributed by atoms with E-state index in [0.29, 0.717) is 6.54 Å². The maximum atomic E-state index is 5.93. The molecule has 0 bridgehead atoms. The van der Waals surface area contributed by atoms with Crippen molar-refractivity contribution in [1.82, 2.24) is 0 Å². The van der Waals surface area contributed by atoms with Gasteiger partial charge < -0.3 is 10.5 Å². The molecule has 0 aromatic heterocycles. The smallest absolute Gasteiger partial charge is 0.136 e. The van der Waals surface area contributed by atoms with Crippen LogP contribution < -0.4 is 10.5 Å². The lowest BCUT2D eigenvalue weighted by Crippen LogP contribution is -2.18. The number of hydrogen-bond acceptors (Lipinski definition) is 2. The van der Waals surface area contributed by atoms with Gasteiger partial charge in [0.25, 0.3) is 0 Å². The fourth-order valence-corrected chi connectivity index (χ4v) is 2.21. The molecule has 0 fully saturated rings. The maximum absolute atomic E-state index is 5.93. The average Bonchev–Trinajstić information content (AvgIpc) is 2.36. The van der Waals surface area contributed by atoms with Gasteiger partial charge in [-0.15, -0.1) is 0 Å². The predicted octanol–water partition coefficient (Wildman–Crippen LogP) is 3.84. The second-order valence-corrected chi connectivity index (χ2v) is 5.13. The Labute approximate surface area is 116 Å². The number of nitrogens with two attached hydrogens (primary N) is 1. The van der Waals surface area contributed by atoms with Crippen LogP contribution in [-0.4, -0.2) is 6.54 Å². The summed E-state index contributed by atoms with van der Waals surface area (Å²) in [5, 5.41) is 0. The number of rotatable bonds is 4. The molecule has 0 heterocycles. The van der Waals surface area contributed by atoms with Crippen LogP contribution in [0.15, 0.2) is 53.0 Å². The Morgan fingerprint density at radius 2 is 1.94 bits per heavy atom. The molecule has 2 rings (SSSR count). The molecular weight excluding hydrogens is 290 g/mol. The summed E-state index contributed by atoms with van der Waals surface area (Å²) in [6.07, 6.45) is -0.112. The first-order valence-corrected chi connectivity index (χ1v) is 6.67. The standard InChI is InChI=1S/C15H16BrNO/c1-11-4-2-5-12(8-11)15(10-17)18-14-7-3-6-13(16)9-14/h2-9,15H,10,17H2,1H3. The summed E-state index contributed by atoms with van der Waals surface area (Å²) in [5.41, 5.74) is 8.12. The van der Waals surface area contributed by atoms with Gasteiger partial charge in [0.15, 0.2) is 0 Å². The fraction of sp³-hybridized carbons (Fsp3) is 0.200. The zero-order chi connectivity index (χ0) is 13.0. The van der Waals surface area contributed by atoms with E-state index in [1.165, 1.54) is 5.56 Å². The van der Waals surface area contributed by atoms with Crippen LogP contribution in [0.5, 0.6) is 5.75 Å². The van der Waals surface area contributed by atoms with Crippen molar-refractivity contribution in [1.29, 1.82) is 0 Å². The Hall–Kier alpha value is -1.32. The molecule has 2 nitrogen and oxygen atoms in total. The van der Waals surface area contributed by atoms with Crippen LogP contribution in [0.2, 0.25) is 0 Å². The van der Waals surface area contributed by atoms with E-state index >= 15 is 0 Å². The number of aryl methyl sites for hydroxylation is 1. The van der Waals surface area contributed by atoms with Gasteiger partial charge in [0.2, 0.25) is 0 Å². The first kappa shape index (κ1) is 13.1. The van der Waals surface area contributed by atoms with Crippen molar-refractivity contribution in [2.75, 3.05) is 6.54 Å². The lowest BCUT2D eigenvalue weighted by Gasteiger charge is -2.18. The van der Waals surface area contributed by atoms with Crippen LogP contribution in [-0.2, 0) is 0 Å². The molecule has 0 saturated heterocycles. The lowest BCUT2D eigenvalue weighted by molar-refractivity contribution is 0.214. The zero-order valence-corrected chi connectivity index (χ0v) is 11.9. The van der Waals surface area contributed by atoms with Gasteiger partial charge in [-0.05, 0) is 30.7 Å². The quantitative estimate of drug-likeness (QED) is 0.931. The minimum Gasteiger partial charge on any atom is -0.484 e. The van der Waals surface area contributed by atoms with Crippen molar-refractivity contribution in [3.8, 4) is 5.75 Å². The van der Waals surface area contributed by atoms with Crippen molar-refractivity contribution in [2.45, 2.75) is 13.0 Å². The highest BCUT2D eigenvalue weighted by Crippen LogP contribution is 2.24. The van der Waals surface area contributed by atoms with Gasteiger partial charge in [-0.2, -0.15) is 0 Å². The van der Waals surface area contributed by atoms with E-state index < -0.39 is 0 Å². The molecule has 1 unspecified atom stereocenters. The Kier molecular flexibility index (Phi) is 4.39. The molecule has 0 aliphatic heterocycles. The van der Waals surface area contributed by atoms with Gasteiger partial charge in [-0.3, -0.25) is 0 Å². The molecule has 0 aliphatic rings. The monoisotopic (exact) mass is 305 g/mol. The number of benzene rings is 2. The van der Waals surface area contributed by atoms with E-state index in [0.717, 1.165) is 15.8 Å². The molecule has 94 valence electrons. The third kappa shape index (κ3) is 3.34. The number of hydrogen-bond donors (Lipinski definition) is 1. The molecule has 2 N–H and O–H groups in total. The Morgan fingerprint density at radius 3 is 2.61 bits per heavy atom. The second kappa shape index (κ2) is 6.03. The molecule has 1 atom stereocenters. The second-order valence-electron chi connectivity index (χ2n) is 4.21. The summed E-state index contributed by atoms with van der Waals surface area (Å²) >= 11 is 3.43. The van der Waals surface area contributed by atoms with Gasteiger partial charge >= 0.3 is 0 Å². The summed E-state index contributed by atoms with van der Waals surface area (Å²) in [6.45, 7) is 2.52. The first-order valence-electron chi connectivity index (χ1n) is 5.88. The molecule has 0 saturated carbocycles. The SMILES string of the molecule is Cc1cccc(C(CN)Oc2cccc(Br)c2)c1. The van der Waals surface area contributed by atoms with Gasteiger partial charge in [-0.1, -0.05) is 51.8 Å². The van der Waals surface area contributed by atoms with Gasteiger partial charge in [0.05, 0.1) is 0 Å². The van der Waals surface area contributed by atoms with Crippen molar-refractivity contribution in [2.24, 2.45) is 5.73 Å². The minimum atomic E-state index is -0.112. The summed E-state index contributed by atoms with van der Waals surface area (Å²) in [5.74, 6) is 0.821. The van der Waals surface area contributed by atoms with Gasteiger partial charge in [0.1, 0.15) is 11.9 Å². The van der Waals surface area contributed by atoms with Crippen LogP contribution in [0.1, 0.15) is 17.2 Å². The van der Waals surface area contributed by atoms with Crippen LogP contribution in [0.3, 0.4) is 0 Å². The Morgan fingerprint density at radius 1 is 1.17 bits per heavy atom. The van der Waals surface area contributed by atoms with E-state index in [1.54, 1.807) is 0 Å². The molecule has 0 aliphatic carbocycles. The first-order chi connectivity index (χ1) is 8.69. The fourth-order valence-electron chi connectivity index (χ4n) is 1.83. The van der Waals surface area contributed by atoms with Crippen LogP contribution in [0, 0.1) is 6.92 Å². The zero-order valence-electron chi connectivity index (χ0n) is 10.3. The molecule has 0 amide bonds. The van der Waals surface area contributed by atoms with E-state index in [9.17, 15) is 0 Å². The Balaban J connectivity index is 2.19. The molecule has 2 aromatic rings. The third-order valence-corrected chi connectivity index (χ3v) is 3.20. The molecule has 0 radical (unpaired) electrons. The summed E-state index contributed by atoms with van der Waals surface area (Å²) in [4.78, 5) is 0. The maximum Gasteiger partial charge on any atom is 0.136 e. The van der Waals surface area contributed by atoms with Crippen molar-refractivity contribution in [3.63, 3.8) is 0 Å². The van der Waals surface area contributed by atoms with Crippen molar-refractivity contribution in [3.05, 3.63) is 64.1 Å². The number of halogens is 1. The molecule has 2 aromatic carbocycles. The van der Waals surface area contributed by atoms with E-state index in [1.807, 2.05) is 36.4 Å². The van der Waals surface area contributed by atoms with Crippen LogP contribution in [0.25, 0.3) is 0 Å². The summed E-state index contributed by atoms with van der Waals surface area (Å²) < 4.78 is 6.93. The molecule has 18 heavy (non-hydrogen) atoms. The molecule has 0 spiro atoms. The topological polar surface area (TPSA) is 35.2 Å². The summed E-state index contributed by atoms with van der Waals surface area (Å²) in [6, 6.07) is 16.0. The largest absolute Gasteiger partial charge is 0.484 e. The molecule has 3 heteroatoms. The van der Waals surface area contributed by atoms with Crippen LogP contribution in [0.4, 0.5) is 0 Å². The summed E-state index contributed by atoms with van der Waals surface area (Å²) in [7, 11) is 0.